The Hall–Kier alpha value is 0.0700. The first-order valence-corrected chi connectivity index (χ1v) is 8.56. The fourth-order valence-electron chi connectivity index (χ4n) is 3.51. The third-order valence-corrected chi connectivity index (χ3v) is 7.77. The van der Waals surface area contributed by atoms with Crippen LogP contribution in [0.5, 0.6) is 0 Å². The van der Waals surface area contributed by atoms with Crippen LogP contribution in [0.4, 0.5) is 0 Å². The molecule has 0 saturated heterocycles. The van der Waals surface area contributed by atoms with Crippen molar-refractivity contribution in [2.24, 2.45) is 0 Å². The summed E-state index contributed by atoms with van der Waals surface area (Å²) in [5, 5.41) is -1.98. The third-order valence-electron chi connectivity index (χ3n) is 4.26. The van der Waals surface area contributed by atoms with Crippen LogP contribution >= 0.6 is 19.2 Å². The average molecular weight is 311 g/mol. The number of carbonyl (C=O) groups is 1. The maximum Gasteiger partial charge on any atom is 0.347 e. The van der Waals surface area contributed by atoms with Crippen LogP contribution in [0.15, 0.2) is 0 Å². The normalized spacial score (nSPS) is 38.1. The van der Waals surface area contributed by atoms with Crippen molar-refractivity contribution in [2.75, 3.05) is 20.3 Å². The van der Waals surface area contributed by atoms with E-state index in [1.165, 1.54) is 7.11 Å². The lowest BCUT2D eigenvalue weighted by Crippen LogP contribution is -2.75. The Morgan fingerprint density at radius 2 is 1.89 bits per heavy atom. The Kier molecular flexibility index (Phi) is 4.17. The van der Waals surface area contributed by atoms with Gasteiger partial charge in [0, 0.05) is 7.11 Å². The summed E-state index contributed by atoms with van der Waals surface area (Å²) in [6, 6.07) is 0. The van der Waals surface area contributed by atoms with Crippen molar-refractivity contribution in [1.82, 2.24) is 0 Å². The zero-order chi connectivity index (χ0) is 14.3. The predicted octanol–water partition coefficient (Wildman–Crippen LogP) is 2.75. The van der Waals surface area contributed by atoms with E-state index in [0.29, 0.717) is 12.8 Å². The van der Waals surface area contributed by atoms with Crippen molar-refractivity contribution < 1.29 is 23.1 Å². The van der Waals surface area contributed by atoms with E-state index in [1.807, 2.05) is 0 Å². The molecule has 0 N–H and O–H groups in total. The molecule has 110 valence electrons. The molecule has 0 amide bonds. The van der Waals surface area contributed by atoms with Crippen LogP contribution in [0.25, 0.3) is 0 Å². The number of hydrogen-bond acceptors (Lipinski definition) is 5. The number of methoxy groups -OCH3 is 1. The smallest absolute Gasteiger partial charge is 0.347 e. The van der Waals surface area contributed by atoms with Gasteiger partial charge in [0.05, 0.1) is 13.2 Å². The standard InChI is InChI=1S/C12H20ClO5P/c1-4-17-19(15,18-5-2)12-8-6-7-11(12,16-3)9(13)10(12)14/h9H,4-8H2,1-3H3. The summed E-state index contributed by atoms with van der Waals surface area (Å²) in [7, 11) is -2.08. The van der Waals surface area contributed by atoms with Gasteiger partial charge < -0.3 is 13.8 Å². The number of Topliss-reactive ketones (excluding diaryl/α,β-unsaturated/α-hetero) is 1. The van der Waals surface area contributed by atoms with Gasteiger partial charge in [0.15, 0.2) is 10.9 Å². The highest BCUT2D eigenvalue weighted by Gasteiger charge is 2.82. The van der Waals surface area contributed by atoms with Gasteiger partial charge in [-0.05, 0) is 33.1 Å². The molecule has 0 bridgehead atoms. The van der Waals surface area contributed by atoms with Gasteiger partial charge in [0.2, 0.25) is 0 Å². The van der Waals surface area contributed by atoms with Crippen LogP contribution in [0.2, 0.25) is 0 Å². The summed E-state index contributed by atoms with van der Waals surface area (Å²) in [5.74, 6) is -0.265. The summed E-state index contributed by atoms with van der Waals surface area (Å²) >= 11 is 6.15. The highest BCUT2D eigenvalue weighted by molar-refractivity contribution is 7.57. The molecule has 2 saturated carbocycles. The number of carbonyl (C=O) groups excluding carboxylic acids is 1. The first-order chi connectivity index (χ1) is 8.95. The van der Waals surface area contributed by atoms with Crippen molar-refractivity contribution in [2.45, 2.75) is 49.2 Å². The van der Waals surface area contributed by atoms with Gasteiger partial charge in [0.1, 0.15) is 11.0 Å². The van der Waals surface area contributed by atoms with Crippen LogP contribution in [-0.4, -0.2) is 42.2 Å². The summed E-state index contributed by atoms with van der Waals surface area (Å²) in [6.45, 7) is 3.90. The molecule has 0 aromatic heterocycles. The highest BCUT2D eigenvalue weighted by atomic mass is 35.5. The van der Waals surface area contributed by atoms with Crippen LogP contribution in [-0.2, 0) is 23.1 Å². The molecule has 0 aliphatic heterocycles. The largest absolute Gasteiger partial charge is 0.374 e. The van der Waals surface area contributed by atoms with Gasteiger partial charge in [-0.3, -0.25) is 9.36 Å². The van der Waals surface area contributed by atoms with Gasteiger partial charge >= 0.3 is 7.60 Å². The number of alkyl halides is 1. The monoisotopic (exact) mass is 310 g/mol. The lowest BCUT2D eigenvalue weighted by molar-refractivity contribution is -0.154. The van der Waals surface area contributed by atoms with E-state index in [-0.39, 0.29) is 19.0 Å². The molecule has 0 radical (unpaired) electrons. The summed E-state index contributed by atoms with van der Waals surface area (Å²) < 4.78 is 29.4. The molecular formula is C12H20ClO5P. The fraction of sp³-hybridized carbons (Fsp3) is 0.917. The number of hydrogen-bond donors (Lipinski definition) is 0. The Morgan fingerprint density at radius 1 is 1.32 bits per heavy atom. The Morgan fingerprint density at radius 3 is 2.37 bits per heavy atom. The lowest BCUT2D eigenvalue weighted by atomic mass is 9.68. The Labute approximate surface area is 118 Å². The topological polar surface area (TPSA) is 61.8 Å². The molecule has 0 heterocycles. The molecule has 2 aliphatic rings. The van der Waals surface area contributed by atoms with Gasteiger partial charge in [0.25, 0.3) is 0 Å². The minimum atomic E-state index is -3.58. The molecule has 3 atom stereocenters. The Balaban J connectivity index is 2.50. The van der Waals surface area contributed by atoms with Gasteiger partial charge in [-0.15, -0.1) is 11.6 Å². The van der Waals surface area contributed by atoms with E-state index in [0.717, 1.165) is 6.42 Å². The molecule has 5 nitrogen and oxygen atoms in total. The van der Waals surface area contributed by atoms with Crippen molar-refractivity contribution in [3.63, 3.8) is 0 Å². The third kappa shape index (κ3) is 1.66. The number of ketones is 1. The molecule has 0 aromatic rings. The molecule has 0 aromatic carbocycles. The average Bonchev–Trinajstić information content (AvgIpc) is 2.75. The van der Waals surface area contributed by atoms with Crippen molar-refractivity contribution >= 4 is 25.0 Å². The van der Waals surface area contributed by atoms with E-state index < -0.39 is 23.7 Å². The number of ether oxygens (including phenoxy) is 1. The van der Waals surface area contributed by atoms with Gasteiger partial charge in [-0.1, -0.05) is 0 Å². The first-order valence-electron chi connectivity index (χ1n) is 6.58. The number of fused-ring (bicyclic) bond motifs is 1. The first kappa shape index (κ1) is 15.5. The zero-order valence-corrected chi connectivity index (χ0v) is 13.1. The second-order valence-corrected chi connectivity index (χ2v) is 7.58. The maximum absolute atomic E-state index is 13.1. The Bertz CT molecular complexity index is 418. The second kappa shape index (κ2) is 5.12. The molecule has 7 heteroatoms. The fourth-order valence-corrected chi connectivity index (χ4v) is 7.06. The number of halogens is 1. The minimum absolute atomic E-state index is 0.221. The van der Waals surface area contributed by atoms with Gasteiger partial charge in [-0.2, -0.15) is 0 Å². The van der Waals surface area contributed by atoms with E-state index in [4.69, 9.17) is 25.4 Å². The highest BCUT2D eigenvalue weighted by Crippen LogP contribution is 2.76. The molecular weight excluding hydrogens is 291 g/mol. The zero-order valence-electron chi connectivity index (χ0n) is 11.5. The molecule has 3 unspecified atom stereocenters. The van der Waals surface area contributed by atoms with Crippen LogP contribution in [0, 0.1) is 0 Å². The maximum atomic E-state index is 13.1. The van der Waals surface area contributed by atoms with E-state index in [1.54, 1.807) is 13.8 Å². The summed E-state index contributed by atoms with van der Waals surface area (Å²) in [4.78, 5) is 12.4. The van der Waals surface area contributed by atoms with E-state index in [2.05, 4.69) is 0 Å². The van der Waals surface area contributed by atoms with E-state index in [9.17, 15) is 9.36 Å². The molecule has 0 spiro atoms. The minimum Gasteiger partial charge on any atom is -0.374 e. The van der Waals surface area contributed by atoms with Crippen molar-refractivity contribution in [1.29, 1.82) is 0 Å². The summed E-state index contributed by atoms with van der Waals surface area (Å²) in [6.07, 6.45) is 1.78. The second-order valence-electron chi connectivity index (χ2n) is 4.87. The molecule has 19 heavy (non-hydrogen) atoms. The molecule has 2 aliphatic carbocycles. The summed E-state index contributed by atoms with van der Waals surface area (Å²) in [5.41, 5.74) is -0.911. The van der Waals surface area contributed by atoms with Gasteiger partial charge in [-0.25, -0.2) is 0 Å². The predicted molar refractivity (Wildman–Crippen MR) is 71.8 cm³/mol. The van der Waals surface area contributed by atoms with Crippen LogP contribution in [0.1, 0.15) is 33.1 Å². The SMILES string of the molecule is CCOP(=O)(OCC)C12CCCC1(OC)C(Cl)C2=O. The van der Waals surface area contributed by atoms with Crippen LogP contribution in [0.3, 0.4) is 0 Å². The molecule has 2 fully saturated rings. The quantitative estimate of drug-likeness (QED) is 0.557. The van der Waals surface area contributed by atoms with Crippen molar-refractivity contribution in [3.05, 3.63) is 0 Å². The van der Waals surface area contributed by atoms with E-state index >= 15 is 0 Å². The molecule has 2 rings (SSSR count). The lowest BCUT2D eigenvalue weighted by Gasteiger charge is -2.56. The van der Waals surface area contributed by atoms with Crippen LogP contribution < -0.4 is 0 Å². The van der Waals surface area contributed by atoms with Crippen molar-refractivity contribution in [3.8, 4) is 0 Å². The number of rotatable bonds is 6.